The van der Waals surface area contributed by atoms with E-state index in [1.807, 2.05) is 45.0 Å². The van der Waals surface area contributed by atoms with E-state index in [0.717, 1.165) is 35.3 Å². The number of ether oxygens (including phenoxy) is 1. The van der Waals surface area contributed by atoms with Gasteiger partial charge in [-0.2, -0.15) is 0 Å². The minimum Gasteiger partial charge on any atom is -0.438 e. The maximum Gasteiger partial charge on any atom is 0.251 e. The second-order valence-electron chi connectivity index (χ2n) is 9.95. The summed E-state index contributed by atoms with van der Waals surface area (Å²) in [5.74, 6) is 0.964. The van der Waals surface area contributed by atoms with Crippen molar-refractivity contribution in [3.05, 3.63) is 70.9 Å². The van der Waals surface area contributed by atoms with Gasteiger partial charge in [0.1, 0.15) is 5.75 Å². The quantitative estimate of drug-likeness (QED) is 0.305. The summed E-state index contributed by atoms with van der Waals surface area (Å²) in [4.78, 5) is 17.2. The summed E-state index contributed by atoms with van der Waals surface area (Å²) in [6.45, 7) is 6.36. The average Bonchev–Trinajstić information content (AvgIpc) is 3.53. The van der Waals surface area contributed by atoms with E-state index in [4.69, 9.17) is 27.2 Å². The third-order valence-electron chi connectivity index (χ3n) is 5.90. The molecule has 0 aliphatic heterocycles. The summed E-state index contributed by atoms with van der Waals surface area (Å²) in [6, 6.07) is 15.0. The molecule has 4 aromatic rings. The largest absolute Gasteiger partial charge is 0.438 e. The van der Waals surface area contributed by atoms with Crippen molar-refractivity contribution in [3.8, 4) is 22.9 Å². The second-order valence-corrected chi connectivity index (χ2v) is 10.4. The predicted molar refractivity (Wildman–Crippen MR) is 142 cm³/mol. The fourth-order valence-corrected chi connectivity index (χ4v) is 3.96. The first-order chi connectivity index (χ1) is 17.2. The number of nitrogens with zero attached hydrogens (tertiary/aromatic N) is 3. The Hall–Kier alpha value is -3.62. The molecule has 36 heavy (non-hydrogen) atoms. The normalized spacial score (nSPS) is 13.6. The van der Waals surface area contributed by atoms with Gasteiger partial charge in [-0.3, -0.25) is 4.79 Å². The van der Waals surface area contributed by atoms with Crippen LogP contribution in [0.3, 0.4) is 0 Å². The standard InChI is InChI=1S/C27H29ClN6O2/c1-16-12-17(4-11-21(16)26(35)32-19-7-8-19)23-14-30-25-22(31-15-27(2,3)29)13-24(33-34(23)25)36-20-9-5-18(28)6-10-20/h4-6,9-14,19,31H,7-8,15,29H2,1-3H3,(H,32,35). The van der Waals surface area contributed by atoms with Gasteiger partial charge in [0.15, 0.2) is 5.65 Å². The SMILES string of the molecule is Cc1cc(-c2cnc3c(NCC(C)(C)N)cc(Oc4ccc(Cl)cc4)nn23)ccc1C(=O)NC1CC1. The van der Waals surface area contributed by atoms with Crippen molar-refractivity contribution < 1.29 is 9.53 Å². The van der Waals surface area contributed by atoms with E-state index in [1.54, 1.807) is 35.0 Å². The molecule has 1 saturated carbocycles. The predicted octanol–water partition coefficient (Wildman–Crippen LogP) is 5.19. The lowest BCUT2D eigenvalue weighted by molar-refractivity contribution is 0.0950. The van der Waals surface area contributed by atoms with Crippen LogP contribution in [0, 0.1) is 6.92 Å². The summed E-state index contributed by atoms with van der Waals surface area (Å²) in [6.07, 6.45) is 3.87. The molecular weight excluding hydrogens is 476 g/mol. The molecule has 1 amide bonds. The van der Waals surface area contributed by atoms with Gasteiger partial charge < -0.3 is 21.1 Å². The summed E-state index contributed by atoms with van der Waals surface area (Å²) in [5.41, 5.74) is 10.4. The molecule has 0 unspecified atom stereocenters. The molecule has 2 aromatic carbocycles. The van der Waals surface area contributed by atoms with Crippen molar-refractivity contribution >= 4 is 28.8 Å². The third kappa shape index (κ3) is 5.45. The first kappa shape index (κ1) is 24.1. The molecule has 8 nitrogen and oxygen atoms in total. The fourth-order valence-electron chi connectivity index (χ4n) is 3.84. The molecule has 0 spiro atoms. The topological polar surface area (TPSA) is 107 Å². The number of nitrogens with two attached hydrogens (primary N) is 1. The van der Waals surface area contributed by atoms with Crippen LogP contribution in [0.1, 0.15) is 42.6 Å². The number of hydrogen-bond acceptors (Lipinski definition) is 6. The number of anilines is 1. The Morgan fingerprint density at radius 1 is 1.19 bits per heavy atom. The van der Waals surface area contributed by atoms with E-state index >= 15 is 0 Å². The molecular formula is C27H29ClN6O2. The summed E-state index contributed by atoms with van der Waals surface area (Å²) < 4.78 is 7.79. The number of aromatic nitrogens is 3. The number of fused-ring (bicyclic) bond motifs is 1. The third-order valence-corrected chi connectivity index (χ3v) is 6.15. The van der Waals surface area contributed by atoms with Gasteiger partial charge in [0.25, 0.3) is 5.91 Å². The number of rotatable bonds is 8. The fraction of sp³-hybridized carbons (Fsp3) is 0.296. The van der Waals surface area contributed by atoms with Crippen LogP contribution in [0.5, 0.6) is 11.6 Å². The van der Waals surface area contributed by atoms with Gasteiger partial charge in [-0.05, 0) is 75.6 Å². The van der Waals surface area contributed by atoms with Gasteiger partial charge >= 0.3 is 0 Å². The van der Waals surface area contributed by atoms with E-state index in [1.165, 1.54) is 0 Å². The lowest BCUT2D eigenvalue weighted by Gasteiger charge is -2.20. The highest BCUT2D eigenvalue weighted by molar-refractivity contribution is 6.30. The minimum atomic E-state index is -0.430. The lowest BCUT2D eigenvalue weighted by atomic mass is 10.0. The van der Waals surface area contributed by atoms with Gasteiger partial charge in [-0.25, -0.2) is 9.50 Å². The molecule has 0 atom stereocenters. The van der Waals surface area contributed by atoms with E-state index in [2.05, 4.69) is 15.6 Å². The average molecular weight is 505 g/mol. The molecule has 0 radical (unpaired) electrons. The van der Waals surface area contributed by atoms with Gasteiger partial charge in [-0.15, -0.1) is 5.10 Å². The molecule has 1 aliphatic rings. The number of imidazole rings is 1. The molecule has 0 bridgehead atoms. The summed E-state index contributed by atoms with van der Waals surface area (Å²) >= 11 is 6.02. The highest BCUT2D eigenvalue weighted by Gasteiger charge is 2.24. The maximum absolute atomic E-state index is 12.6. The number of halogens is 1. The molecule has 2 heterocycles. The van der Waals surface area contributed by atoms with Crippen LogP contribution in [-0.2, 0) is 0 Å². The molecule has 9 heteroatoms. The minimum absolute atomic E-state index is 0.0349. The second kappa shape index (κ2) is 9.44. The Morgan fingerprint density at radius 3 is 2.61 bits per heavy atom. The zero-order valence-electron chi connectivity index (χ0n) is 20.5. The van der Waals surface area contributed by atoms with Crippen LogP contribution >= 0.6 is 11.6 Å². The van der Waals surface area contributed by atoms with Crippen LogP contribution in [0.2, 0.25) is 5.02 Å². The van der Waals surface area contributed by atoms with E-state index in [9.17, 15) is 4.79 Å². The molecule has 1 aliphatic carbocycles. The number of carbonyl (C=O) groups is 1. The highest BCUT2D eigenvalue weighted by Crippen LogP contribution is 2.30. The van der Waals surface area contributed by atoms with E-state index in [-0.39, 0.29) is 5.91 Å². The van der Waals surface area contributed by atoms with Crippen molar-refractivity contribution in [2.75, 3.05) is 11.9 Å². The van der Waals surface area contributed by atoms with Gasteiger partial charge in [0.2, 0.25) is 5.88 Å². The number of carbonyl (C=O) groups excluding carboxylic acids is 1. The zero-order valence-corrected chi connectivity index (χ0v) is 21.3. The zero-order chi connectivity index (χ0) is 25.4. The lowest BCUT2D eigenvalue weighted by Crippen LogP contribution is -2.39. The van der Waals surface area contributed by atoms with Crippen LogP contribution in [0.15, 0.2) is 54.7 Å². The highest BCUT2D eigenvalue weighted by atomic mass is 35.5. The van der Waals surface area contributed by atoms with Crippen molar-refractivity contribution in [1.82, 2.24) is 19.9 Å². The van der Waals surface area contributed by atoms with Gasteiger partial charge in [0.05, 0.1) is 17.6 Å². The summed E-state index contributed by atoms with van der Waals surface area (Å²) in [7, 11) is 0. The van der Waals surface area contributed by atoms with Crippen molar-refractivity contribution in [1.29, 1.82) is 0 Å². The first-order valence-electron chi connectivity index (χ1n) is 11.9. The molecule has 1 fully saturated rings. The summed E-state index contributed by atoms with van der Waals surface area (Å²) in [5, 5.41) is 11.8. The molecule has 2 aromatic heterocycles. The Balaban J connectivity index is 1.53. The van der Waals surface area contributed by atoms with Crippen LogP contribution in [0.4, 0.5) is 5.69 Å². The van der Waals surface area contributed by atoms with Crippen LogP contribution < -0.4 is 21.1 Å². The smallest absolute Gasteiger partial charge is 0.251 e. The van der Waals surface area contributed by atoms with Crippen molar-refractivity contribution in [2.24, 2.45) is 5.73 Å². The maximum atomic E-state index is 12.6. The van der Waals surface area contributed by atoms with E-state index < -0.39 is 5.54 Å². The number of nitrogens with one attached hydrogen (secondary N) is 2. The van der Waals surface area contributed by atoms with Crippen molar-refractivity contribution in [3.63, 3.8) is 0 Å². The Morgan fingerprint density at radius 2 is 1.94 bits per heavy atom. The Kier molecular flexibility index (Phi) is 6.32. The molecule has 5 rings (SSSR count). The molecule has 4 N–H and O–H groups in total. The molecule has 186 valence electrons. The van der Waals surface area contributed by atoms with Crippen LogP contribution in [0.25, 0.3) is 16.9 Å². The molecule has 0 saturated heterocycles. The monoisotopic (exact) mass is 504 g/mol. The first-order valence-corrected chi connectivity index (χ1v) is 12.3. The van der Waals surface area contributed by atoms with Gasteiger partial charge in [0, 0.05) is 40.3 Å². The van der Waals surface area contributed by atoms with Crippen LogP contribution in [-0.4, -0.2) is 38.6 Å². The van der Waals surface area contributed by atoms with Gasteiger partial charge in [-0.1, -0.05) is 17.7 Å². The van der Waals surface area contributed by atoms with Crippen molar-refractivity contribution in [2.45, 2.75) is 45.2 Å². The Labute approximate surface area is 214 Å². The number of benzene rings is 2. The Bertz CT molecular complexity index is 1420. The van der Waals surface area contributed by atoms with E-state index in [0.29, 0.717) is 40.4 Å². The number of amides is 1. The number of aryl methyl sites for hydroxylation is 1. The number of hydrogen-bond donors (Lipinski definition) is 3.